The molecule has 3 aliphatic rings. The fourth-order valence-corrected chi connectivity index (χ4v) is 6.67. The molecule has 1 aliphatic carbocycles. The number of imidazole rings is 1. The van der Waals surface area contributed by atoms with Crippen molar-refractivity contribution in [2.75, 3.05) is 19.8 Å². The zero-order valence-corrected chi connectivity index (χ0v) is 24.7. The highest BCUT2D eigenvalue weighted by Gasteiger charge is 2.44. The highest BCUT2D eigenvalue weighted by atomic mass is 35.5. The molecule has 1 N–H and O–H groups in total. The first-order chi connectivity index (χ1) is 21.2. The van der Waals surface area contributed by atoms with Gasteiger partial charge in [-0.15, -0.1) is 0 Å². The van der Waals surface area contributed by atoms with Crippen molar-refractivity contribution in [2.24, 2.45) is 5.41 Å². The molecule has 3 heterocycles. The number of likely N-dealkylation sites (tertiary alicyclic amines) is 1. The topological polar surface area (TPSA) is 67.6 Å². The summed E-state index contributed by atoms with van der Waals surface area (Å²) < 4.78 is 52.2. The van der Waals surface area contributed by atoms with E-state index in [0.29, 0.717) is 35.4 Å². The Morgan fingerprint density at radius 1 is 1.07 bits per heavy atom. The molecule has 228 valence electrons. The summed E-state index contributed by atoms with van der Waals surface area (Å²) >= 11 is 5.92. The number of piperidine rings is 1. The van der Waals surface area contributed by atoms with Crippen molar-refractivity contribution in [3.63, 3.8) is 0 Å². The van der Waals surface area contributed by atoms with Crippen LogP contribution in [0, 0.1) is 11.2 Å². The van der Waals surface area contributed by atoms with Gasteiger partial charge in [-0.3, -0.25) is 9.29 Å². The van der Waals surface area contributed by atoms with Crippen molar-refractivity contribution >= 4 is 34.4 Å². The van der Waals surface area contributed by atoms with Gasteiger partial charge >= 0.3 is 5.97 Å². The lowest BCUT2D eigenvalue weighted by Gasteiger charge is -2.34. The minimum Gasteiger partial charge on any atom is -0.480 e. The molecule has 2 aliphatic heterocycles. The molecule has 0 spiro atoms. The molecular formula is C34H31ClF3N3O3. The summed E-state index contributed by atoms with van der Waals surface area (Å²) in [5, 5.41) is 9.80. The number of aromatic carboxylic acids is 1. The van der Waals surface area contributed by atoms with E-state index in [-0.39, 0.29) is 22.1 Å². The largest absolute Gasteiger partial charge is 0.480 e. The Hall–Kier alpha value is -3.82. The molecule has 1 atom stereocenters. The van der Waals surface area contributed by atoms with Crippen LogP contribution in [-0.2, 0) is 13.1 Å². The van der Waals surface area contributed by atoms with Crippen LogP contribution in [0.5, 0.6) is 5.75 Å². The predicted octanol–water partition coefficient (Wildman–Crippen LogP) is 8.10. The van der Waals surface area contributed by atoms with Crippen LogP contribution >= 0.6 is 11.6 Å². The van der Waals surface area contributed by atoms with E-state index in [2.05, 4.69) is 4.90 Å². The number of carbonyl (C=O) groups is 1. The highest BCUT2D eigenvalue weighted by molar-refractivity contribution is 6.30. The number of rotatable bonds is 8. The third-order valence-corrected chi connectivity index (χ3v) is 9.55. The van der Waals surface area contributed by atoms with Crippen LogP contribution in [0.3, 0.4) is 0 Å². The SMILES string of the molecule is O=C(O)c1ccc2nc(CN3CCC(c4cccc5c4O[C@H](c4ccc(Cl)cc4F)C=C5F)CC3)n(CC3(CF)CC3)c2c1. The van der Waals surface area contributed by atoms with Crippen molar-refractivity contribution in [2.45, 2.75) is 50.8 Å². The first kappa shape index (κ1) is 28.9. The van der Waals surface area contributed by atoms with E-state index >= 15 is 4.39 Å². The van der Waals surface area contributed by atoms with E-state index in [9.17, 15) is 18.7 Å². The molecule has 0 amide bonds. The standard InChI is InChI=1S/C34H31ClF3N3O3/c35-22-5-6-24(26(37)15-22)30-16-27(38)25-3-1-2-23(32(25)44-30)20-8-12-40(13-9-20)17-31-39-28-7-4-21(33(42)43)14-29(28)41(31)19-34(18-36)10-11-34/h1-7,14-16,20,30H,8-13,17-19H2,(H,42,43)/t30-/m0/s1. The number of para-hydroxylation sites is 1. The van der Waals surface area contributed by atoms with Gasteiger partial charge < -0.3 is 14.4 Å². The molecule has 7 rings (SSSR count). The van der Waals surface area contributed by atoms with Crippen LogP contribution in [-0.4, -0.2) is 45.3 Å². The second kappa shape index (κ2) is 11.3. The molecule has 1 aromatic heterocycles. The monoisotopic (exact) mass is 621 g/mol. The van der Waals surface area contributed by atoms with Gasteiger partial charge in [-0.25, -0.2) is 18.6 Å². The number of halogens is 4. The van der Waals surface area contributed by atoms with E-state index in [0.717, 1.165) is 50.2 Å². The Bertz CT molecular complexity index is 1790. The molecule has 3 aromatic carbocycles. The smallest absolute Gasteiger partial charge is 0.335 e. The quantitative estimate of drug-likeness (QED) is 0.215. The number of ether oxygens (including phenoxy) is 1. The Morgan fingerprint density at radius 3 is 2.57 bits per heavy atom. The van der Waals surface area contributed by atoms with Crippen LogP contribution in [0.2, 0.25) is 5.02 Å². The summed E-state index contributed by atoms with van der Waals surface area (Å²) in [6.07, 6.45) is 3.58. The van der Waals surface area contributed by atoms with Gasteiger partial charge in [-0.1, -0.05) is 29.8 Å². The highest BCUT2D eigenvalue weighted by Crippen LogP contribution is 2.48. The lowest BCUT2D eigenvalue weighted by Crippen LogP contribution is -2.34. The zero-order valence-electron chi connectivity index (χ0n) is 23.9. The number of hydrogen-bond acceptors (Lipinski definition) is 4. The Kier molecular flexibility index (Phi) is 7.41. The maximum absolute atomic E-state index is 15.3. The summed E-state index contributed by atoms with van der Waals surface area (Å²) in [5.74, 6) is -0.659. The van der Waals surface area contributed by atoms with Crippen LogP contribution in [0.1, 0.15) is 70.6 Å². The number of hydrogen-bond donors (Lipinski definition) is 1. The van der Waals surface area contributed by atoms with Gasteiger partial charge in [0.15, 0.2) is 0 Å². The summed E-state index contributed by atoms with van der Waals surface area (Å²) in [4.78, 5) is 18.8. The number of nitrogens with zero attached hydrogens (tertiary/aromatic N) is 3. The zero-order chi connectivity index (χ0) is 30.6. The lowest BCUT2D eigenvalue weighted by atomic mass is 9.86. The first-order valence-corrected chi connectivity index (χ1v) is 15.2. The first-order valence-electron chi connectivity index (χ1n) is 14.9. The van der Waals surface area contributed by atoms with E-state index in [1.54, 1.807) is 30.3 Å². The molecule has 1 saturated carbocycles. The van der Waals surface area contributed by atoms with Gasteiger partial charge in [0.1, 0.15) is 29.3 Å². The van der Waals surface area contributed by atoms with Crippen molar-refractivity contribution in [3.05, 3.63) is 99.6 Å². The molecule has 0 unspecified atom stereocenters. The van der Waals surface area contributed by atoms with Gasteiger partial charge in [0.2, 0.25) is 0 Å². The molecule has 0 bridgehead atoms. The molecule has 44 heavy (non-hydrogen) atoms. The fraction of sp³-hybridized carbons (Fsp3) is 0.353. The van der Waals surface area contributed by atoms with E-state index in [1.807, 2.05) is 16.7 Å². The number of fused-ring (bicyclic) bond motifs is 2. The predicted molar refractivity (Wildman–Crippen MR) is 162 cm³/mol. The Morgan fingerprint density at radius 2 is 1.86 bits per heavy atom. The summed E-state index contributed by atoms with van der Waals surface area (Å²) in [6.45, 7) is 2.10. The number of carboxylic acid groups (broad SMARTS) is 1. The Labute approximate surface area is 257 Å². The second-order valence-corrected chi connectivity index (χ2v) is 12.7. The molecule has 6 nitrogen and oxygen atoms in total. The number of carboxylic acids is 1. The third-order valence-electron chi connectivity index (χ3n) is 9.32. The van der Waals surface area contributed by atoms with Crippen molar-refractivity contribution < 1.29 is 27.8 Å². The average molecular weight is 622 g/mol. The van der Waals surface area contributed by atoms with E-state index in [4.69, 9.17) is 21.3 Å². The number of benzene rings is 3. The summed E-state index contributed by atoms with van der Waals surface area (Å²) in [5.41, 5.74) is 2.67. The van der Waals surface area contributed by atoms with E-state index < -0.39 is 35.8 Å². The average Bonchev–Trinajstić information content (AvgIpc) is 3.72. The van der Waals surface area contributed by atoms with Gasteiger partial charge in [-0.05, 0) is 92.7 Å². The molecular weight excluding hydrogens is 591 g/mol. The lowest BCUT2D eigenvalue weighted by molar-refractivity contribution is 0.0697. The third kappa shape index (κ3) is 5.37. The number of alkyl halides is 1. The van der Waals surface area contributed by atoms with Gasteiger partial charge in [0.25, 0.3) is 0 Å². The molecule has 2 fully saturated rings. The van der Waals surface area contributed by atoms with Gasteiger partial charge in [0.05, 0.1) is 35.4 Å². The minimum absolute atomic E-state index is 0.112. The molecule has 4 aromatic rings. The fourth-order valence-electron chi connectivity index (χ4n) is 6.52. The maximum atomic E-state index is 15.3. The van der Waals surface area contributed by atoms with Crippen LogP contribution in [0.25, 0.3) is 16.9 Å². The minimum atomic E-state index is -1.01. The van der Waals surface area contributed by atoms with Crippen LogP contribution < -0.4 is 4.74 Å². The van der Waals surface area contributed by atoms with Crippen molar-refractivity contribution in [3.8, 4) is 5.75 Å². The van der Waals surface area contributed by atoms with Crippen LogP contribution in [0.15, 0.2) is 60.7 Å². The van der Waals surface area contributed by atoms with Crippen LogP contribution in [0.4, 0.5) is 13.2 Å². The van der Waals surface area contributed by atoms with Crippen molar-refractivity contribution in [1.29, 1.82) is 0 Å². The molecule has 0 radical (unpaired) electrons. The second-order valence-electron chi connectivity index (χ2n) is 12.2. The summed E-state index contributed by atoms with van der Waals surface area (Å²) in [6, 6.07) is 14.6. The normalized spacial score (nSPS) is 19.8. The van der Waals surface area contributed by atoms with Gasteiger partial charge in [0, 0.05) is 22.5 Å². The van der Waals surface area contributed by atoms with E-state index in [1.165, 1.54) is 18.2 Å². The van der Waals surface area contributed by atoms with Gasteiger partial charge in [-0.2, -0.15) is 0 Å². The summed E-state index contributed by atoms with van der Waals surface area (Å²) in [7, 11) is 0. The maximum Gasteiger partial charge on any atom is 0.335 e. The Balaban J connectivity index is 1.10. The van der Waals surface area contributed by atoms with Crippen molar-refractivity contribution in [1.82, 2.24) is 14.5 Å². The molecule has 1 saturated heterocycles. The molecule has 10 heteroatoms. The number of aromatic nitrogens is 2.